The van der Waals surface area contributed by atoms with Crippen LogP contribution in [0.1, 0.15) is 27.2 Å². The van der Waals surface area contributed by atoms with Gasteiger partial charge in [0.15, 0.2) is 0 Å². The van der Waals surface area contributed by atoms with Gasteiger partial charge in [0.25, 0.3) is 5.91 Å². The maximum Gasteiger partial charge on any atom is 0.421 e. The molecule has 0 aromatic carbocycles. The molecule has 3 N–H and O–H groups in total. The second-order valence-electron chi connectivity index (χ2n) is 6.95. The summed E-state index contributed by atoms with van der Waals surface area (Å²) in [5, 5.41) is 11.3. The molecule has 2 aliphatic rings. The molecule has 1 aliphatic carbocycles. The Labute approximate surface area is 202 Å². The van der Waals surface area contributed by atoms with E-state index >= 15 is 0 Å². The van der Waals surface area contributed by atoms with E-state index in [2.05, 4.69) is 38.2 Å². The van der Waals surface area contributed by atoms with Crippen LogP contribution < -0.4 is 11.1 Å². The van der Waals surface area contributed by atoms with Crippen molar-refractivity contribution in [1.29, 1.82) is 5.26 Å². The fourth-order valence-corrected chi connectivity index (χ4v) is 2.35. The van der Waals surface area contributed by atoms with E-state index in [1.54, 1.807) is 32.9 Å². The van der Waals surface area contributed by atoms with Gasteiger partial charge in [-0.2, -0.15) is 18.4 Å². The maximum atomic E-state index is 13.1. The van der Waals surface area contributed by atoms with Gasteiger partial charge in [-0.1, -0.05) is 6.08 Å². The minimum atomic E-state index is -4.45. The van der Waals surface area contributed by atoms with Gasteiger partial charge in [-0.05, 0) is 39.0 Å². The normalized spacial score (nSPS) is 21.0. The zero-order chi connectivity index (χ0) is 27.0. The van der Waals surface area contributed by atoms with Crippen molar-refractivity contribution in [3.8, 4) is 6.07 Å². The Kier molecular flexibility index (Phi) is 14.5. The number of halogens is 4. The number of allylic oxidation sites excluding steroid dienone is 5. The molecular weight excluding hydrogens is 468 g/mol. The minimum absolute atomic E-state index is 0.0115. The number of nitriles is 1. The monoisotopic (exact) mass is 498 g/mol. The molecule has 1 amide bonds. The quantitative estimate of drug-likeness (QED) is 0.265. The lowest BCUT2D eigenvalue weighted by atomic mass is 10.2. The van der Waals surface area contributed by atoms with E-state index in [1.165, 1.54) is 18.4 Å². The molecule has 0 saturated carbocycles. The zero-order valence-electron chi connectivity index (χ0n) is 19.8. The van der Waals surface area contributed by atoms with Crippen LogP contribution in [0.3, 0.4) is 0 Å². The minimum Gasteiger partial charge on any atom is -0.385 e. The number of amidine groups is 2. The Morgan fingerprint density at radius 2 is 2.11 bits per heavy atom. The summed E-state index contributed by atoms with van der Waals surface area (Å²) in [6.07, 6.45) is 1.10. The van der Waals surface area contributed by atoms with Crippen LogP contribution in [0.15, 0.2) is 64.0 Å². The molecule has 8 nitrogen and oxygen atoms in total. The van der Waals surface area contributed by atoms with Gasteiger partial charge in [-0.15, -0.1) is 13.2 Å². The van der Waals surface area contributed by atoms with Crippen LogP contribution in [0.5, 0.6) is 0 Å². The second kappa shape index (κ2) is 16.1. The summed E-state index contributed by atoms with van der Waals surface area (Å²) in [6.45, 7) is 11.4. The fraction of sp³-hybridized carbons (Fsp3) is 0.435. The number of nitrogens with two attached hydrogens (primary N) is 1. The Bertz CT molecular complexity index is 929. The average molecular weight is 499 g/mol. The number of hydrogen-bond donors (Lipinski definition) is 2. The number of hydrogen-bond acceptors (Lipinski definition) is 6. The molecule has 2 rings (SSSR count). The number of carbonyl (C=O) groups excluding carboxylic acids is 1. The molecule has 0 bridgehead atoms. The lowest BCUT2D eigenvalue weighted by Gasteiger charge is -2.26. The summed E-state index contributed by atoms with van der Waals surface area (Å²) in [6, 6.07) is 1.70. The highest BCUT2D eigenvalue weighted by atomic mass is 19.4. The van der Waals surface area contributed by atoms with Crippen molar-refractivity contribution in [1.82, 2.24) is 5.32 Å². The van der Waals surface area contributed by atoms with Gasteiger partial charge >= 0.3 is 6.18 Å². The van der Waals surface area contributed by atoms with Gasteiger partial charge in [-0.25, -0.2) is 9.38 Å². The fourth-order valence-electron chi connectivity index (χ4n) is 2.35. The van der Waals surface area contributed by atoms with E-state index in [0.717, 1.165) is 0 Å². The molecule has 3 unspecified atom stereocenters. The summed E-state index contributed by atoms with van der Waals surface area (Å²) in [4.78, 5) is 23.6. The number of ether oxygens (including phenoxy) is 1. The van der Waals surface area contributed by atoms with Crippen LogP contribution in [0.4, 0.5) is 17.6 Å². The summed E-state index contributed by atoms with van der Waals surface area (Å²) in [7, 11) is 0. The van der Waals surface area contributed by atoms with Crippen LogP contribution in [0.2, 0.25) is 0 Å². The first kappa shape index (κ1) is 31.4. The first-order chi connectivity index (χ1) is 16.5. The Morgan fingerprint density at radius 1 is 1.46 bits per heavy atom. The number of alkyl halides is 3. The van der Waals surface area contributed by atoms with Crippen molar-refractivity contribution in [3.05, 3.63) is 49.0 Å². The molecule has 0 aromatic heterocycles. The molecule has 0 spiro atoms. The molecular formula is C23H30F4N6O2. The largest absolute Gasteiger partial charge is 0.421 e. The van der Waals surface area contributed by atoms with E-state index in [1.807, 2.05) is 6.07 Å². The van der Waals surface area contributed by atoms with Crippen LogP contribution in [0.25, 0.3) is 0 Å². The van der Waals surface area contributed by atoms with Gasteiger partial charge in [0, 0.05) is 24.9 Å². The van der Waals surface area contributed by atoms with Crippen molar-refractivity contribution in [2.75, 3.05) is 13.2 Å². The second-order valence-corrected chi connectivity index (χ2v) is 6.95. The highest BCUT2D eigenvalue weighted by Crippen LogP contribution is 2.25. The van der Waals surface area contributed by atoms with E-state index < -0.39 is 29.9 Å². The molecule has 192 valence electrons. The highest BCUT2D eigenvalue weighted by Gasteiger charge is 2.45. The number of nitrogens with zero attached hydrogens (tertiary/aromatic N) is 4. The summed E-state index contributed by atoms with van der Waals surface area (Å²) in [5.41, 5.74) is 5.52. The number of amides is 1. The summed E-state index contributed by atoms with van der Waals surface area (Å²) >= 11 is 0. The molecule has 35 heavy (non-hydrogen) atoms. The molecule has 12 heteroatoms. The van der Waals surface area contributed by atoms with E-state index in [9.17, 15) is 22.4 Å². The van der Waals surface area contributed by atoms with Crippen LogP contribution in [-0.2, 0) is 9.53 Å². The SMILES string of the molecule is C=C.CC1COC(C(F)(F)F)C(N)=N1.CCN=C(N=CC(C)C#N)C(=O)NC1=CC=C(F)CC=C1. The van der Waals surface area contributed by atoms with E-state index in [4.69, 9.17) is 11.0 Å². The summed E-state index contributed by atoms with van der Waals surface area (Å²) < 4.78 is 53.6. The Balaban J connectivity index is 0.000000698. The first-order valence-electron chi connectivity index (χ1n) is 10.5. The predicted molar refractivity (Wildman–Crippen MR) is 129 cm³/mol. The van der Waals surface area contributed by atoms with Crippen LogP contribution >= 0.6 is 0 Å². The Hall–Kier alpha value is -3.59. The van der Waals surface area contributed by atoms with Gasteiger partial charge in [0.2, 0.25) is 11.9 Å². The molecule has 1 heterocycles. The van der Waals surface area contributed by atoms with Crippen LogP contribution in [-0.4, -0.2) is 55.3 Å². The van der Waals surface area contributed by atoms with Gasteiger partial charge < -0.3 is 15.8 Å². The maximum absolute atomic E-state index is 13.1. The molecule has 0 aromatic rings. The molecule has 0 radical (unpaired) electrons. The first-order valence-corrected chi connectivity index (χ1v) is 10.5. The number of rotatable bonds is 3. The topological polar surface area (TPSA) is 125 Å². The molecule has 3 atom stereocenters. The van der Waals surface area contributed by atoms with Gasteiger partial charge in [-0.3, -0.25) is 14.8 Å². The highest BCUT2D eigenvalue weighted by molar-refractivity contribution is 6.39. The lowest BCUT2D eigenvalue weighted by molar-refractivity contribution is -0.200. The van der Waals surface area contributed by atoms with Gasteiger partial charge in [0.1, 0.15) is 11.7 Å². The molecule has 0 saturated heterocycles. The number of nitrogens with one attached hydrogen (secondary N) is 1. The third-order valence-corrected chi connectivity index (χ3v) is 3.89. The van der Waals surface area contributed by atoms with E-state index in [-0.39, 0.29) is 30.7 Å². The van der Waals surface area contributed by atoms with Crippen molar-refractivity contribution >= 4 is 23.8 Å². The molecule has 0 fully saturated rings. The van der Waals surface area contributed by atoms with Crippen molar-refractivity contribution in [2.24, 2.45) is 26.6 Å². The number of carbonyl (C=O) groups is 1. The predicted octanol–water partition coefficient (Wildman–Crippen LogP) is 3.94. The lowest BCUT2D eigenvalue weighted by Crippen LogP contribution is -2.47. The van der Waals surface area contributed by atoms with Crippen LogP contribution in [0, 0.1) is 17.2 Å². The third-order valence-electron chi connectivity index (χ3n) is 3.89. The standard InChI is InChI=1S/C15H17FN4O.C6H9F3N2O.C2H4/c1-3-18-14(19-10-11(2)9-17)15(21)20-13-6-4-5-12(16)7-8-13;1-3-2-12-4(5(10)11-3)6(7,8)9;1-2/h4,6-8,10-11H,3,5H2,1-2H3,(H,20,21);3-4H,2H2,1H3,(H2,10,11);1-2H2. The number of aliphatic imine (C=N–C) groups is 3. The average Bonchev–Trinajstić information content (AvgIpc) is 3.01. The van der Waals surface area contributed by atoms with Gasteiger partial charge in [0.05, 0.1) is 24.6 Å². The summed E-state index contributed by atoms with van der Waals surface area (Å²) in [5.74, 6) is -1.68. The smallest absolute Gasteiger partial charge is 0.385 e. The van der Waals surface area contributed by atoms with Crippen molar-refractivity contribution in [2.45, 2.75) is 45.5 Å². The Morgan fingerprint density at radius 3 is 2.66 bits per heavy atom. The van der Waals surface area contributed by atoms with Crippen molar-refractivity contribution < 1.29 is 27.1 Å². The van der Waals surface area contributed by atoms with Crippen molar-refractivity contribution in [3.63, 3.8) is 0 Å². The molecule has 1 aliphatic heterocycles. The zero-order valence-corrected chi connectivity index (χ0v) is 19.8. The van der Waals surface area contributed by atoms with E-state index in [0.29, 0.717) is 12.2 Å². The third kappa shape index (κ3) is 12.4.